The van der Waals surface area contributed by atoms with E-state index >= 15 is 0 Å². The Balaban J connectivity index is 1.86. The summed E-state index contributed by atoms with van der Waals surface area (Å²) < 4.78 is 11.7. The third-order valence-corrected chi connectivity index (χ3v) is 3.89. The summed E-state index contributed by atoms with van der Waals surface area (Å²) in [5.41, 5.74) is 7.99. The minimum Gasteiger partial charge on any atom is -0.459 e. The van der Waals surface area contributed by atoms with Crippen LogP contribution in [-0.4, -0.2) is 30.7 Å². The highest BCUT2D eigenvalue weighted by Gasteiger charge is 2.19. The molecule has 0 spiro atoms. The molecule has 4 nitrogen and oxygen atoms in total. The second kappa shape index (κ2) is 5.95. The molecule has 1 aromatic heterocycles. The molecule has 4 heteroatoms. The van der Waals surface area contributed by atoms with Crippen LogP contribution in [-0.2, 0) is 17.8 Å². The van der Waals surface area contributed by atoms with E-state index in [0.717, 1.165) is 55.0 Å². The Morgan fingerprint density at radius 2 is 2.20 bits per heavy atom. The van der Waals surface area contributed by atoms with Gasteiger partial charge in [0.25, 0.3) is 0 Å². The van der Waals surface area contributed by atoms with Gasteiger partial charge in [0.2, 0.25) is 0 Å². The Kier molecular flexibility index (Phi) is 4.05. The zero-order valence-corrected chi connectivity index (χ0v) is 12.0. The van der Waals surface area contributed by atoms with Crippen LogP contribution in [0.25, 0.3) is 11.0 Å². The van der Waals surface area contributed by atoms with Gasteiger partial charge >= 0.3 is 0 Å². The van der Waals surface area contributed by atoms with Crippen LogP contribution >= 0.6 is 0 Å². The van der Waals surface area contributed by atoms with E-state index in [1.807, 2.05) is 18.2 Å². The van der Waals surface area contributed by atoms with Crippen LogP contribution in [0.1, 0.15) is 24.7 Å². The molecule has 1 fully saturated rings. The van der Waals surface area contributed by atoms with Crippen LogP contribution in [0.2, 0.25) is 0 Å². The first-order chi connectivity index (χ1) is 9.78. The van der Waals surface area contributed by atoms with E-state index in [9.17, 15) is 0 Å². The molecule has 2 N–H and O–H groups in total. The van der Waals surface area contributed by atoms with E-state index in [4.69, 9.17) is 14.9 Å². The number of nitrogens with zero attached hydrogens (tertiary/aromatic N) is 1. The van der Waals surface area contributed by atoms with Crippen LogP contribution in [0.5, 0.6) is 0 Å². The molecule has 0 saturated carbocycles. The third kappa shape index (κ3) is 2.73. The van der Waals surface area contributed by atoms with Crippen molar-refractivity contribution in [3.8, 4) is 0 Å². The van der Waals surface area contributed by atoms with Crippen LogP contribution < -0.4 is 5.73 Å². The van der Waals surface area contributed by atoms with Crippen molar-refractivity contribution >= 4 is 11.0 Å². The average molecular weight is 274 g/mol. The molecule has 1 aliphatic rings. The van der Waals surface area contributed by atoms with Gasteiger partial charge in [0, 0.05) is 37.2 Å². The standard InChI is InChI=1S/C16H22N2O2/c1-12-10-18(7-4-8-19-12)11-16-14(9-17)13-5-2-3-6-15(13)20-16/h2-3,5-6,12H,4,7-11,17H2,1H3. The third-order valence-electron chi connectivity index (χ3n) is 3.89. The van der Waals surface area contributed by atoms with Gasteiger partial charge in [-0.2, -0.15) is 0 Å². The molecule has 1 aliphatic heterocycles. The monoisotopic (exact) mass is 274 g/mol. The maximum absolute atomic E-state index is 6.01. The van der Waals surface area contributed by atoms with E-state index < -0.39 is 0 Å². The average Bonchev–Trinajstić information content (AvgIpc) is 2.66. The fourth-order valence-electron chi connectivity index (χ4n) is 2.93. The largest absolute Gasteiger partial charge is 0.459 e. The second-order valence-corrected chi connectivity index (χ2v) is 5.47. The van der Waals surface area contributed by atoms with E-state index in [1.54, 1.807) is 0 Å². The molecule has 0 aliphatic carbocycles. The Morgan fingerprint density at radius 3 is 3.05 bits per heavy atom. The summed E-state index contributed by atoms with van der Waals surface area (Å²) in [4.78, 5) is 2.40. The Hall–Kier alpha value is -1.36. The number of furan rings is 1. The second-order valence-electron chi connectivity index (χ2n) is 5.47. The lowest BCUT2D eigenvalue weighted by Crippen LogP contribution is -2.30. The summed E-state index contributed by atoms with van der Waals surface area (Å²) in [7, 11) is 0. The normalized spacial score (nSPS) is 21.2. The van der Waals surface area contributed by atoms with Crippen molar-refractivity contribution in [2.75, 3.05) is 19.7 Å². The minimum absolute atomic E-state index is 0.281. The fourth-order valence-corrected chi connectivity index (χ4v) is 2.93. The zero-order valence-electron chi connectivity index (χ0n) is 12.0. The molecule has 1 atom stereocenters. The molecule has 1 aromatic carbocycles. The number of hydrogen-bond donors (Lipinski definition) is 1. The SMILES string of the molecule is CC1CN(Cc2oc3ccccc3c2CN)CCCO1. The predicted octanol–water partition coefficient (Wildman–Crippen LogP) is 2.50. The van der Waals surface area contributed by atoms with Crippen molar-refractivity contribution < 1.29 is 9.15 Å². The van der Waals surface area contributed by atoms with Gasteiger partial charge in [-0.15, -0.1) is 0 Å². The van der Waals surface area contributed by atoms with Gasteiger partial charge in [0.1, 0.15) is 11.3 Å². The predicted molar refractivity (Wildman–Crippen MR) is 79.4 cm³/mol. The molecule has 108 valence electrons. The number of para-hydroxylation sites is 1. The molecule has 0 amide bonds. The molecule has 20 heavy (non-hydrogen) atoms. The van der Waals surface area contributed by atoms with Crippen molar-refractivity contribution in [3.63, 3.8) is 0 Å². The number of fused-ring (bicyclic) bond motifs is 1. The van der Waals surface area contributed by atoms with Crippen LogP contribution in [0.3, 0.4) is 0 Å². The van der Waals surface area contributed by atoms with Gasteiger partial charge in [-0.1, -0.05) is 18.2 Å². The van der Waals surface area contributed by atoms with Gasteiger partial charge in [-0.05, 0) is 19.4 Å². The summed E-state index contributed by atoms with van der Waals surface area (Å²) in [6, 6.07) is 8.12. The lowest BCUT2D eigenvalue weighted by molar-refractivity contribution is 0.0659. The number of benzene rings is 1. The van der Waals surface area contributed by atoms with E-state index in [-0.39, 0.29) is 6.10 Å². The first-order valence-electron chi connectivity index (χ1n) is 7.31. The van der Waals surface area contributed by atoms with Crippen molar-refractivity contribution in [1.82, 2.24) is 4.90 Å². The molecule has 0 bridgehead atoms. The van der Waals surface area contributed by atoms with Crippen molar-refractivity contribution in [1.29, 1.82) is 0 Å². The maximum Gasteiger partial charge on any atom is 0.134 e. The van der Waals surface area contributed by atoms with Crippen molar-refractivity contribution in [2.24, 2.45) is 5.73 Å². The summed E-state index contributed by atoms with van der Waals surface area (Å²) >= 11 is 0. The summed E-state index contributed by atoms with van der Waals surface area (Å²) in [6.45, 7) is 6.30. The van der Waals surface area contributed by atoms with E-state index in [2.05, 4.69) is 17.9 Å². The first-order valence-corrected chi connectivity index (χ1v) is 7.31. The Labute approximate surface area is 119 Å². The molecule has 3 rings (SSSR count). The first kappa shape index (κ1) is 13.6. The number of nitrogens with two attached hydrogens (primary N) is 1. The van der Waals surface area contributed by atoms with Crippen LogP contribution in [0.15, 0.2) is 28.7 Å². The lowest BCUT2D eigenvalue weighted by atomic mass is 10.1. The number of rotatable bonds is 3. The maximum atomic E-state index is 6.01. The van der Waals surface area contributed by atoms with Crippen molar-refractivity contribution in [2.45, 2.75) is 32.5 Å². The number of ether oxygens (including phenoxy) is 1. The van der Waals surface area contributed by atoms with E-state index in [0.29, 0.717) is 6.54 Å². The Morgan fingerprint density at radius 1 is 1.35 bits per heavy atom. The van der Waals surface area contributed by atoms with E-state index in [1.165, 1.54) is 0 Å². The fraction of sp³-hybridized carbons (Fsp3) is 0.500. The molecule has 2 aromatic rings. The van der Waals surface area contributed by atoms with Crippen molar-refractivity contribution in [3.05, 3.63) is 35.6 Å². The summed E-state index contributed by atoms with van der Waals surface area (Å²) in [5.74, 6) is 1.00. The molecule has 1 unspecified atom stereocenters. The van der Waals surface area contributed by atoms with Gasteiger partial charge in [-0.25, -0.2) is 0 Å². The molecule has 2 heterocycles. The van der Waals surface area contributed by atoms with Gasteiger partial charge in [-0.3, -0.25) is 4.90 Å². The zero-order chi connectivity index (χ0) is 13.9. The molecular weight excluding hydrogens is 252 g/mol. The molecule has 1 saturated heterocycles. The highest BCUT2D eigenvalue weighted by molar-refractivity contribution is 5.82. The lowest BCUT2D eigenvalue weighted by Gasteiger charge is -2.20. The molecule has 0 radical (unpaired) electrons. The number of hydrogen-bond acceptors (Lipinski definition) is 4. The van der Waals surface area contributed by atoms with Crippen LogP contribution in [0, 0.1) is 0 Å². The summed E-state index contributed by atoms with van der Waals surface area (Å²) in [6.07, 6.45) is 1.35. The van der Waals surface area contributed by atoms with Gasteiger partial charge < -0.3 is 14.9 Å². The topological polar surface area (TPSA) is 51.6 Å². The van der Waals surface area contributed by atoms with Gasteiger partial charge in [0.15, 0.2) is 0 Å². The smallest absolute Gasteiger partial charge is 0.134 e. The quantitative estimate of drug-likeness (QED) is 0.934. The van der Waals surface area contributed by atoms with Gasteiger partial charge in [0.05, 0.1) is 12.6 Å². The van der Waals surface area contributed by atoms with Crippen LogP contribution in [0.4, 0.5) is 0 Å². The molecular formula is C16H22N2O2. The highest BCUT2D eigenvalue weighted by Crippen LogP contribution is 2.26. The minimum atomic E-state index is 0.281. The highest BCUT2D eigenvalue weighted by atomic mass is 16.5. The summed E-state index contributed by atoms with van der Waals surface area (Å²) in [5, 5.41) is 1.14. The Bertz CT molecular complexity index is 579.